The Morgan fingerprint density at radius 3 is 2.45 bits per heavy atom. The van der Waals surface area contributed by atoms with E-state index in [2.05, 4.69) is 40.7 Å². The fourth-order valence-electron chi connectivity index (χ4n) is 1.88. The molecule has 1 aromatic heterocycles. The summed E-state index contributed by atoms with van der Waals surface area (Å²) in [5, 5.41) is 6.50. The van der Waals surface area contributed by atoms with Crippen LogP contribution in [-0.4, -0.2) is 35.6 Å². The molecule has 0 atom stereocenters. The van der Waals surface area contributed by atoms with Crippen molar-refractivity contribution in [2.24, 2.45) is 0 Å². The van der Waals surface area contributed by atoms with Crippen LogP contribution in [0.1, 0.15) is 51.3 Å². The SMILES string of the molecule is CNc1cc(NCCCCCCSC)nc(C(C)C)n1. The zero-order valence-electron chi connectivity index (χ0n) is 13.2. The van der Waals surface area contributed by atoms with Crippen LogP contribution in [0.5, 0.6) is 0 Å². The van der Waals surface area contributed by atoms with Gasteiger partial charge in [0, 0.05) is 25.6 Å². The molecule has 114 valence electrons. The zero-order chi connectivity index (χ0) is 14.8. The Hall–Kier alpha value is -0.970. The van der Waals surface area contributed by atoms with Crippen molar-refractivity contribution in [3.05, 3.63) is 11.9 Å². The van der Waals surface area contributed by atoms with Crippen LogP contribution >= 0.6 is 11.8 Å². The van der Waals surface area contributed by atoms with Crippen LogP contribution in [-0.2, 0) is 0 Å². The van der Waals surface area contributed by atoms with Crippen LogP contribution in [0.15, 0.2) is 6.07 Å². The second kappa shape index (κ2) is 9.86. The van der Waals surface area contributed by atoms with E-state index in [1.807, 2.05) is 24.9 Å². The van der Waals surface area contributed by atoms with Gasteiger partial charge >= 0.3 is 0 Å². The molecular weight excluding hydrogens is 268 g/mol. The Balaban J connectivity index is 2.37. The average Bonchev–Trinajstić information content (AvgIpc) is 2.46. The van der Waals surface area contributed by atoms with Gasteiger partial charge in [0.2, 0.25) is 0 Å². The van der Waals surface area contributed by atoms with Gasteiger partial charge in [0.05, 0.1) is 0 Å². The minimum Gasteiger partial charge on any atom is -0.373 e. The standard InChI is InChI=1S/C15H28N4S/c1-12(2)15-18-13(16-3)11-14(19-15)17-9-7-5-6-8-10-20-4/h11-12H,5-10H2,1-4H3,(H2,16,17,18,19). The number of hydrogen-bond acceptors (Lipinski definition) is 5. The summed E-state index contributed by atoms with van der Waals surface area (Å²) in [7, 11) is 1.89. The number of thioether (sulfide) groups is 1. The van der Waals surface area contributed by atoms with Gasteiger partial charge in [0.1, 0.15) is 17.5 Å². The second-order valence-electron chi connectivity index (χ2n) is 5.24. The van der Waals surface area contributed by atoms with E-state index in [4.69, 9.17) is 0 Å². The normalized spacial score (nSPS) is 10.8. The number of rotatable bonds is 10. The van der Waals surface area contributed by atoms with Crippen molar-refractivity contribution in [2.45, 2.75) is 45.4 Å². The first-order valence-corrected chi connectivity index (χ1v) is 8.86. The van der Waals surface area contributed by atoms with E-state index in [9.17, 15) is 0 Å². The summed E-state index contributed by atoms with van der Waals surface area (Å²) in [5.74, 6) is 4.32. The first-order chi connectivity index (χ1) is 9.67. The van der Waals surface area contributed by atoms with Crippen LogP contribution in [0, 0.1) is 0 Å². The maximum absolute atomic E-state index is 4.56. The largest absolute Gasteiger partial charge is 0.373 e. The molecule has 0 aliphatic heterocycles. The molecule has 0 fully saturated rings. The number of anilines is 2. The van der Waals surface area contributed by atoms with Gasteiger partial charge in [-0.3, -0.25) is 0 Å². The van der Waals surface area contributed by atoms with Crippen molar-refractivity contribution in [2.75, 3.05) is 36.2 Å². The third-order valence-corrected chi connectivity index (χ3v) is 3.79. The van der Waals surface area contributed by atoms with Crippen LogP contribution in [0.25, 0.3) is 0 Å². The molecule has 0 aliphatic rings. The molecule has 0 saturated heterocycles. The quantitative estimate of drug-likeness (QED) is 0.640. The summed E-state index contributed by atoms with van der Waals surface area (Å²) in [5.41, 5.74) is 0. The minimum atomic E-state index is 0.343. The van der Waals surface area contributed by atoms with Crippen molar-refractivity contribution >= 4 is 23.4 Å². The molecule has 1 heterocycles. The van der Waals surface area contributed by atoms with Crippen molar-refractivity contribution < 1.29 is 0 Å². The predicted molar refractivity (Wildman–Crippen MR) is 91.0 cm³/mol. The van der Waals surface area contributed by atoms with E-state index in [-0.39, 0.29) is 0 Å². The van der Waals surface area contributed by atoms with Gasteiger partial charge in [-0.1, -0.05) is 26.7 Å². The lowest BCUT2D eigenvalue weighted by atomic mass is 10.2. The molecule has 0 spiro atoms. The van der Waals surface area contributed by atoms with Gasteiger partial charge in [-0.15, -0.1) is 0 Å². The summed E-state index contributed by atoms with van der Waals surface area (Å²) >= 11 is 1.93. The fourth-order valence-corrected chi connectivity index (χ4v) is 2.38. The molecule has 5 heteroatoms. The average molecular weight is 296 g/mol. The molecule has 1 aromatic rings. The first-order valence-electron chi connectivity index (χ1n) is 7.47. The number of nitrogens with one attached hydrogen (secondary N) is 2. The second-order valence-corrected chi connectivity index (χ2v) is 6.22. The lowest BCUT2D eigenvalue weighted by Crippen LogP contribution is -2.08. The summed E-state index contributed by atoms with van der Waals surface area (Å²) in [6.45, 7) is 5.21. The molecule has 0 aromatic carbocycles. The van der Waals surface area contributed by atoms with Crippen LogP contribution in [0.3, 0.4) is 0 Å². The number of aromatic nitrogens is 2. The Morgan fingerprint density at radius 2 is 1.80 bits per heavy atom. The maximum Gasteiger partial charge on any atom is 0.135 e. The smallest absolute Gasteiger partial charge is 0.135 e. The monoisotopic (exact) mass is 296 g/mol. The van der Waals surface area contributed by atoms with Gasteiger partial charge in [-0.05, 0) is 24.9 Å². The first kappa shape index (κ1) is 17.1. The topological polar surface area (TPSA) is 49.8 Å². The summed E-state index contributed by atoms with van der Waals surface area (Å²) in [4.78, 5) is 9.03. The van der Waals surface area contributed by atoms with E-state index in [1.165, 1.54) is 31.4 Å². The number of hydrogen-bond donors (Lipinski definition) is 2. The molecule has 2 N–H and O–H groups in total. The molecule has 4 nitrogen and oxygen atoms in total. The predicted octanol–water partition coefficient (Wildman–Crippen LogP) is 3.98. The van der Waals surface area contributed by atoms with Crippen molar-refractivity contribution in [3.8, 4) is 0 Å². The van der Waals surface area contributed by atoms with Crippen LogP contribution in [0.4, 0.5) is 11.6 Å². The fraction of sp³-hybridized carbons (Fsp3) is 0.733. The lowest BCUT2D eigenvalue weighted by Gasteiger charge is -2.11. The van der Waals surface area contributed by atoms with Crippen molar-refractivity contribution in [1.82, 2.24) is 9.97 Å². The van der Waals surface area contributed by atoms with E-state index in [0.717, 1.165) is 24.0 Å². The third kappa shape index (κ3) is 6.46. The molecular formula is C15H28N4S. The highest BCUT2D eigenvalue weighted by Gasteiger charge is 2.06. The van der Waals surface area contributed by atoms with Gasteiger partial charge < -0.3 is 10.6 Å². The lowest BCUT2D eigenvalue weighted by molar-refractivity contribution is 0.687. The molecule has 0 bridgehead atoms. The number of unbranched alkanes of at least 4 members (excludes halogenated alkanes) is 3. The maximum atomic E-state index is 4.56. The summed E-state index contributed by atoms with van der Waals surface area (Å²) < 4.78 is 0. The van der Waals surface area contributed by atoms with Gasteiger partial charge in [-0.2, -0.15) is 11.8 Å². The Bertz CT molecular complexity index is 382. The highest BCUT2D eigenvalue weighted by Crippen LogP contribution is 2.16. The van der Waals surface area contributed by atoms with E-state index in [0.29, 0.717) is 5.92 Å². The Kier molecular flexibility index (Phi) is 8.42. The minimum absolute atomic E-state index is 0.343. The van der Waals surface area contributed by atoms with E-state index < -0.39 is 0 Å². The third-order valence-electron chi connectivity index (χ3n) is 3.10. The molecule has 0 amide bonds. The van der Waals surface area contributed by atoms with Crippen molar-refractivity contribution in [1.29, 1.82) is 0 Å². The summed E-state index contributed by atoms with van der Waals surface area (Å²) in [6, 6.07) is 1.97. The molecule has 0 aliphatic carbocycles. The molecule has 0 unspecified atom stereocenters. The molecule has 20 heavy (non-hydrogen) atoms. The molecule has 1 rings (SSSR count). The highest BCUT2D eigenvalue weighted by molar-refractivity contribution is 7.98. The van der Waals surface area contributed by atoms with Crippen LogP contribution in [0.2, 0.25) is 0 Å². The highest BCUT2D eigenvalue weighted by atomic mass is 32.2. The Labute approximate surface area is 127 Å². The van der Waals surface area contributed by atoms with Gasteiger partial charge in [0.15, 0.2) is 0 Å². The van der Waals surface area contributed by atoms with E-state index >= 15 is 0 Å². The summed E-state index contributed by atoms with van der Waals surface area (Å²) in [6.07, 6.45) is 7.31. The Morgan fingerprint density at radius 1 is 1.10 bits per heavy atom. The van der Waals surface area contributed by atoms with Gasteiger partial charge in [0.25, 0.3) is 0 Å². The van der Waals surface area contributed by atoms with Gasteiger partial charge in [-0.25, -0.2) is 9.97 Å². The molecule has 0 saturated carbocycles. The van der Waals surface area contributed by atoms with Crippen molar-refractivity contribution in [3.63, 3.8) is 0 Å². The van der Waals surface area contributed by atoms with Crippen LogP contribution < -0.4 is 10.6 Å². The molecule has 0 radical (unpaired) electrons. The zero-order valence-corrected chi connectivity index (χ0v) is 14.0. The number of nitrogens with zero attached hydrogens (tertiary/aromatic N) is 2. The van der Waals surface area contributed by atoms with E-state index in [1.54, 1.807) is 0 Å².